The van der Waals surface area contributed by atoms with E-state index in [0.29, 0.717) is 5.69 Å². The van der Waals surface area contributed by atoms with Crippen LogP contribution >= 0.6 is 0 Å². The predicted molar refractivity (Wildman–Crippen MR) is 109 cm³/mol. The maximum Gasteiger partial charge on any atom is 0.274 e. The lowest BCUT2D eigenvalue weighted by Gasteiger charge is -2.15. The highest BCUT2D eigenvalue weighted by Crippen LogP contribution is 2.28. The Hall–Kier alpha value is -3.34. The largest absolute Gasteiger partial charge is 0.489 e. The van der Waals surface area contributed by atoms with Crippen LogP contribution in [-0.4, -0.2) is 17.0 Å². The molecular formula is C22H23N3O2. The first-order valence-electron chi connectivity index (χ1n) is 8.88. The molecule has 27 heavy (non-hydrogen) atoms. The highest BCUT2D eigenvalue weighted by atomic mass is 16.5. The number of amides is 1. The van der Waals surface area contributed by atoms with Gasteiger partial charge in [-0.05, 0) is 57.2 Å². The van der Waals surface area contributed by atoms with Gasteiger partial charge in [0, 0.05) is 17.6 Å². The summed E-state index contributed by atoms with van der Waals surface area (Å²) in [6, 6.07) is 18.9. The summed E-state index contributed by atoms with van der Waals surface area (Å²) in [6.45, 7) is 5.97. The van der Waals surface area contributed by atoms with Crippen LogP contribution < -0.4 is 15.4 Å². The van der Waals surface area contributed by atoms with E-state index in [2.05, 4.69) is 15.6 Å². The Morgan fingerprint density at radius 1 is 1.00 bits per heavy atom. The van der Waals surface area contributed by atoms with Crippen molar-refractivity contribution in [1.82, 2.24) is 4.98 Å². The fourth-order valence-electron chi connectivity index (χ4n) is 2.55. The molecule has 0 fully saturated rings. The van der Waals surface area contributed by atoms with Gasteiger partial charge in [0.2, 0.25) is 0 Å². The molecule has 2 aromatic carbocycles. The molecule has 0 unspecified atom stereocenters. The minimum atomic E-state index is -0.255. The molecule has 138 valence electrons. The number of anilines is 3. The summed E-state index contributed by atoms with van der Waals surface area (Å²) in [7, 11) is 0. The lowest BCUT2D eigenvalue weighted by molar-refractivity contribution is 0.102. The van der Waals surface area contributed by atoms with E-state index in [4.69, 9.17) is 4.74 Å². The van der Waals surface area contributed by atoms with Gasteiger partial charge in [-0.2, -0.15) is 0 Å². The third kappa shape index (κ3) is 5.07. The molecule has 0 spiro atoms. The molecule has 0 bridgehead atoms. The Kier molecular flexibility index (Phi) is 5.71. The number of ether oxygens (including phenoxy) is 1. The summed E-state index contributed by atoms with van der Waals surface area (Å²) >= 11 is 0. The molecular weight excluding hydrogens is 338 g/mol. The molecule has 5 heteroatoms. The minimum absolute atomic E-state index is 0.0706. The predicted octanol–water partition coefficient (Wildman–Crippen LogP) is 5.17. The number of aryl methyl sites for hydroxylation is 1. The van der Waals surface area contributed by atoms with E-state index in [0.717, 1.165) is 28.4 Å². The average Bonchev–Trinajstić information content (AvgIpc) is 2.65. The van der Waals surface area contributed by atoms with Crippen molar-refractivity contribution >= 4 is 23.0 Å². The number of pyridine rings is 1. The van der Waals surface area contributed by atoms with Crippen LogP contribution in [0.4, 0.5) is 17.1 Å². The molecule has 0 aliphatic rings. The molecule has 5 nitrogen and oxygen atoms in total. The lowest BCUT2D eigenvalue weighted by Crippen LogP contribution is -2.14. The number of nitrogens with zero attached hydrogens (tertiary/aromatic N) is 1. The number of aromatic nitrogens is 1. The number of para-hydroxylation sites is 2. The Morgan fingerprint density at radius 2 is 1.74 bits per heavy atom. The molecule has 3 aromatic rings. The summed E-state index contributed by atoms with van der Waals surface area (Å²) in [5, 5.41) is 6.16. The highest BCUT2D eigenvalue weighted by molar-refractivity contribution is 6.03. The second-order valence-corrected chi connectivity index (χ2v) is 6.54. The number of carbonyl (C=O) groups excluding carboxylic acids is 1. The van der Waals surface area contributed by atoms with Gasteiger partial charge in [0.1, 0.15) is 11.4 Å². The smallest absolute Gasteiger partial charge is 0.274 e. The van der Waals surface area contributed by atoms with Crippen molar-refractivity contribution in [2.24, 2.45) is 0 Å². The van der Waals surface area contributed by atoms with Crippen molar-refractivity contribution in [1.29, 1.82) is 0 Å². The zero-order valence-corrected chi connectivity index (χ0v) is 15.7. The number of benzene rings is 2. The van der Waals surface area contributed by atoms with E-state index in [1.807, 2.05) is 75.4 Å². The van der Waals surface area contributed by atoms with Crippen LogP contribution in [0.2, 0.25) is 0 Å². The molecule has 0 saturated heterocycles. The van der Waals surface area contributed by atoms with Crippen LogP contribution in [0.5, 0.6) is 5.75 Å². The molecule has 2 N–H and O–H groups in total. The molecule has 1 heterocycles. The van der Waals surface area contributed by atoms with Gasteiger partial charge in [-0.1, -0.05) is 29.8 Å². The molecule has 0 aliphatic carbocycles. The second-order valence-electron chi connectivity index (χ2n) is 6.54. The van der Waals surface area contributed by atoms with E-state index in [1.54, 1.807) is 12.3 Å². The van der Waals surface area contributed by atoms with Gasteiger partial charge < -0.3 is 15.4 Å². The second kappa shape index (κ2) is 8.36. The summed E-state index contributed by atoms with van der Waals surface area (Å²) < 4.78 is 5.83. The van der Waals surface area contributed by atoms with Crippen LogP contribution in [-0.2, 0) is 0 Å². The molecule has 0 radical (unpaired) electrons. The Bertz CT molecular complexity index is 921. The third-order valence-electron chi connectivity index (χ3n) is 3.83. The fourth-order valence-corrected chi connectivity index (χ4v) is 2.55. The minimum Gasteiger partial charge on any atom is -0.489 e. The van der Waals surface area contributed by atoms with Crippen molar-refractivity contribution in [3.05, 3.63) is 78.1 Å². The van der Waals surface area contributed by atoms with Gasteiger partial charge in [0.25, 0.3) is 5.91 Å². The maximum atomic E-state index is 12.5. The normalized spacial score (nSPS) is 10.5. The number of nitrogens with one attached hydrogen (secondary N) is 2. The van der Waals surface area contributed by atoms with Crippen LogP contribution in [0.3, 0.4) is 0 Å². The molecule has 1 amide bonds. The van der Waals surface area contributed by atoms with Gasteiger partial charge in [-0.3, -0.25) is 9.78 Å². The Morgan fingerprint density at radius 3 is 2.48 bits per heavy atom. The van der Waals surface area contributed by atoms with Crippen molar-refractivity contribution < 1.29 is 9.53 Å². The van der Waals surface area contributed by atoms with E-state index in [1.165, 1.54) is 0 Å². The van der Waals surface area contributed by atoms with E-state index < -0.39 is 0 Å². The molecule has 0 atom stereocenters. The van der Waals surface area contributed by atoms with Crippen LogP contribution in [0.1, 0.15) is 29.9 Å². The third-order valence-corrected chi connectivity index (χ3v) is 3.83. The van der Waals surface area contributed by atoms with Gasteiger partial charge in [-0.25, -0.2) is 0 Å². The number of carbonyl (C=O) groups is 1. The van der Waals surface area contributed by atoms with Gasteiger partial charge in [0.05, 0.1) is 11.8 Å². The molecule has 0 aliphatic heterocycles. The highest BCUT2D eigenvalue weighted by Gasteiger charge is 2.10. The summed E-state index contributed by atoms with van der Waals surface area (Å²) in [5.41, 5.74) is 3.81. The average molecular weight is 361 g/mol. The topological polar surface area (TPSA) is 63.2 Å². The Labute approximate surface area is 159 Å². The van der Waals surface area contributed by atoms with Gasteiger partial charge in [0.15, 0.2) is 0 Å². The number of rotatable bonds is 6. The fraction of sp³-hybridized carbons (Fsp3) is 0.182. The Balaban J connectivity index is 1.76. The zero-order chi connectivity index (χ0) is 19.2. The van der Waals surface area contributed by atoms with Crippen molar-refractivity contribution in [3.63, 3.8) is 0 Å². The number of hydrogen-bond acceptors (Lipinski definition) is 4. The van der Waals surface area contributed by atoms with Crippen molar-refractivity contribution in [3.8, 4) is 5.75 Å². The first-order chi connectivity index (χ1) is 13.0. The first kappa shape index (κ1) is 18.5. The van der Waals surface area contributed by atoms with Crippen LogP contribution in [0, 0.1) is 6.92 Å². The molecule has 3 rings (SSSR count). The first-order valence-corrected chi connectivity index (χ1v) is 8.88. The zero-order valence-electron chi connectivity index (χ0n) is 15.7. The summed E-state index contributed by atoms with van der Waals surface area (Å²) in [6.07, 6.45) is 1.68. The number of hydrogen-bond donors (Lipinski definition) is 2. The van der Waals surface area contributed by atoms with E-state index >= 15 is 0 Å². The quantitative estimate of drug-likeness (QED) is 0.635. The monoisotopic (exact) mass is 361 g/mol. The molecule has 0 saturated carbocycles. The molecule has 1 aromatic heterocycles. The van der Waals surface area contributed by atoms with Crippen molar-refractivity contribution in [2.45, 2.75) is 26.9 Å². The van der Waals surface area contributed by atoms with Gasteiger partial charge >= 0.3 is 0 Å². The SMILES string of the molecule is Cc1ccc(NC(=O)c2cc(Nc3ccccc3OC(C)C)ccn2)cc1. The van der Waals surface area contributed by atoms with Crippen molar-refractivity contribution in [2.75, 3.05) is 10.6 Å². The lowest BCUT2D eigenvalue weighted by atomic mass is 10.2. The van der Waals surface area contributed by atoms with Crippen LogP contribution in [0.25, 0.3) is 0 Å². The standard InChI is InChI=1S/C22H23N3O2/c1-15(2)27-21-7-5-4-6-19(21)24-18-12-13-23-20(14-18)22(26)25-17-10-8-16(3)9-11-17/h4-15H,1-3H3,(H,23,24)(H,25,26). The maximum absolute atomic E-state index is 12.5. The van der Waals surface area contributed by atoms with Crippen LogP contribution in [0.15, 0.2) is 66.9 Å². The van der Waals surface area contributed by atoms with E-state index in [-0.39, 0.29) is 12.0 Å². The van der Waals surface area contributed by atoms with E-state index in [9.17, 15) is 4.79 Å². The van der Waals surface area contributed by atoms with Gasteiger partial charge in [-0.15, -0.1) is 0 Å². The summed E-state index contributed by atoms with van der Waals surface area (Å²) in [4.78, 5) is 16.7. The summed E-state index contributed by atoms with van der Waals surface area (Å²) in [5.74, 6) is 0.504.